The lowest BCUT2D eigenvalue weighted by atomic mass is 10.4. The van der Waals surface area contributed by atoms with Gasteiger partial charge in [0.25, 0.3) is 0 Å². The highest BCUT2D eigenvalue weighted by molar-refractivity contribution is 7.16. The number of halogens is 1. The molecule has 0 fully saturated rings. The van der Waals surface area contributed by atoms with Gasteiger partial charge in [-0.15, -0.1) is 11.3 Å². The molecule has 0 aliphatic carbocycles. The average molecular weight is 271 g/mol. The Morgan fingerprint density at radius 2 is 2.24 bits per heavy atom. The average Bonchev–Trinajstić information content (AvgIpc) is 2.87. The number of rotatable bonds is 5. The van der Waals surface area contributed by atoms with Crippen molar-refractivity contribution < 1.29 is 0 Å². The first-order valence-electron chi connectivity index (χ1n) is 5.50. The van der Waals surface area contributed by atoms with Crippen LogP contribution in [0.15, 0.2) is 18.5 Å². The summed E-state index contributed by atoms with van der Waals surface area (Å²) < 4.78 is 2.75. The molecular weight excluding hydrogens is 256 g/mol. The molecule has 0 aliphatic rings. The van der Waals surface area contributed by atoms with Gasteiger partial charge in [-0.1, -0.05) is 11.6 Å². The SMILES string of the molecule is CC(C)n1ncnc1CNCc1ccc(Cl)s1. The van der Waals surface area contributed by atoms with Crippen molar-refractivity contribution in [1.82, 2.24) is 20.1 Å². The normalized spacial score (nSPS) is 11.3. The molecule has 0 bridgehead atoms. The minimum absolute atomic E-state index is 0.338. The summed E-state index contributed by atoms with van der Waals surface area (Å²) in [6.07, 6.45) is 1.60. The molecule has 17 heavy (non-hydrogen) atoms. The summed E-state index contributed by atoms with van der Waals surface area (Å²) >= 11 is 7.47. The third-order valence-electron chi connectivity index (χ3n) is 2.35. The second-order valence-electron chi connectivity index (χ2n) is 4.02. The Morgan fingerprint density at radius 1 is 1.41 bits per heavy atom. The van der Waals surface area contributed by atoms with E-state index in [2.05, 4.69) is 29.2 Å². The van der Waals surface area contributed by atoms with Gasteiger partial charge >= 0.3 is 0 Å². The minimum atomic E-state index is 0.338. The molecule has 4 nitrogen and oxygen atoms in total. The fourth-order valence-corrected chi connectivity index (χ4v) is 2.63. The van der Waals surface area contributed by atoms with Crippen molar-refractivity contribution in [3.8, 4) is 0 Å². The van der Waals surface area contributed by atoms with E-state index in [0.29, 0.717) is 12.6 Å². The highest BCUT2D eigenvalue weighted by Gasteiger charge is 2.06. The highest BCUT2D eigenvalue weighted by Crippen LogP contribution is 2.21. The summed E-state index contributed by atoms with van der Waals surface area (Å²) in [5, 5.41) is 7.53. The van der Waals surface area contributed by atoms with Crippen LogP contribution in [0.4, 0.5) is 0 Å². The molecule has 6 heteroatoms. The molecule has 1 N–H and O–H groups in total. The van der Waals surface area contributed by atoms with Crippen LogP contribution in [0, 0.1) is 0 Å². The number of nitrogens with one attached hydrogen (secondary N) is 1. The molecule has 0 unspecified atom stereocenters. The van der Waals surface area contributed by atoms with Gasteiger partial charge in [-0.2, -0.15) is 5.10 Å². The fourth-order valence-electron chi connectivity index (χ4n) is 1.58. The molecule has 92 valence electrons. The molecule has 0 aliphatic heterocycles. The summed E-state index contributed by atoms with van der Waals surface area (Å²) in [6, 6.07) is 4.29. The van der Waals surface area contributed by atoms with Crippen LogP contribution >= 0.6 is 22.9 Å². The maximum Gasteiger partial charge on any atom is 0.141 e. The molecule has 2 aromatic heterocycles. The number of hydrogen-bond acceptors (Lipinski definition) is 4. The molecule has 0 amide bonds. The lowest BCUT2D eigenvalue weighted by molar-refractivity contribution is 0.490. The van der Waals surface area contributed by atoms with Crippen molar-refractivity contribution in [2.45, 2.75) is 33.0 Å². The van der Waals surface area contributed by atoms with Crippen LogP contribution in [0.3, 0.4) is 0 Å². The number of nitrogens with zero attached hydrogens (tertiary/aromatic N) is 3. The van der Waals surface area contributed by atoms with Gasteiger partial charge in [0.2, 0.25) is 0 Å². The van der Waals surface area contributed by atoms with Crippen molar-refractivity contribution in [2.75, 3.05) is 0 Å². The van der Waals surface area contributed by atoms with Gasteiger partial charge in [0, 0.05) is 17.5 Å². The molecule has 0 atom stereocenters. The summed E-state index contributed by atoms with van der Waals surface area (Å²) in [4.78, 5) is 5.47. The van der Waals surface area contributed by atoms with Crippen LogP contribution in [0.2, 0.25) is 4.34 Å². The van der Waals surface area contributed by atoms with Crippen molar-refractivity contribution in [3.63, 3.8) is 0 Å². The topological polar surface area (TPSA) is 42.7 Å². The second-order valence-corrected chi connectivity index (χ2v) is 5.82. The minimum Gasteiger partial charge on any atom is -0.305 e. The number of aromatic nitrogens is 3. The summed E-state index contributed by atoms with van der Waals surface area (Å²) in [5.41, 5.74) is 0. The summed E-state index contributed by atoms with van der Waals surface area (Å²) in [6.45, 7) is 5.71. The Hall–Kier alpha value is -0.910. The van der Waals surface area contributed by atoms with Crippen LogP contribution in [-0.4, -0.2) is 14.8 Å². The van der Waals surface area contributed by atoms with Gasteiger partial charge in [0.15, 0.2) is 0 Å². The molecule has 0 spiro atoms. The molecular formula is C11H15ClN4S. The fraction of sp³-hybridized carbons (Fsp3) is 0.455. The first-order valence-corrected chi connectivity index (χ1v) is 6.69. The molecule has 2 heterocycles. The molecule has 2 aromatic rings. The van der Waals surface area contributed by atoms with Crippen LogP contribution in [-0.2, 0) is 13.1 Å². The number of hydrogen-bond donors (Lipinski definition) is 1. The van der Waals surface area contributed by atoms with E-state index in [1.165, 1.54) is 4.88 Å². The van der Waals surface area contributed by atoms with Crippen LogP contribution < -0.4 is 5.32 Å². The van der Waals surface area contributed by atoms with E-state index < -0.39 is 0 Å². The smallest absolute Gasteiger partial charge is 0.141 e. The van der Waals surface area contributed by atoms with E-state index in [4.69, 9.17) is 11.6 Å². The predicted molar refractivity (Wildman–Crippen MR) is 70.3 cm³/mol. The first-order chi connectivity index (χ1) is 8.16. The van der Waals surface area contributed by atoms with Gasteiger partial charge in [-0.05, 0) is 26.0 Å². The number of thiophene rings is 1. The van der Waals surface area contributed by atoms with Crippen molar-refractivity contribution in [3.05, 3.63) is 33.5 Å². The molecule has 0 aromatic carbocycles. The lowest BCUT2D eigenvalue weighted by Gasteiger charge is -2.09. The third-order valence-corrected chi connectivity index (χ3v) is 3.58. The van der Waals surface area contributed by atoms with Crippen molar-refractivity contribution >= 4 is 22.9 Å². The van der Waals surface area contributed by atoms with Gasteiger partial charge in [-0.25, -0.2) is 9.67 Å². The zero-order chi connectivity index (χ0) is 12.3. The van der Waals surface area contributed by atoms with Gasteiger partial charge in [-0.3, -0.25) is 0 Å². The largest absolute Gasteiger partial charge is 0.305 e. The molecule has 2 rings (SSSR count). The van der Waals surface area contributed by atoms with E-state index in [1.54, 1.807) is 17.7 Å². The Balaban J connectivity index is 1.88. The predicted octanol–water partition coefficient (Wildman–Crippen LogP) is 2.86. The summed E-state index contributed by atoms with van der Waals surface area (Å²) in [5.74, 6) is 0.961. The molecule has 0 saturated carbocycles. The summed E-state index contributed by atoms with van der Waals surface area (Å²) in [7, 11) is 0. The maximum absolute atomic E-state index is 5.87. The standard InChI is InChI=1S/C11H15ClN4S/c1-8(2)16-11(14-7-15-16)6-13-5-9-3-4-10(12)17-9/h3-4,7-8,13H,5-6H2,1-2H3. The molecule has 0 saturated heterocycles. The van der Waals surface area contributed by atoms with E-state index in [9.17, 15) is 0 Å². The Labute approximate surface area is 110 Å². The third kappa shape index (κ3) is 3.28. The first kappa shape index (κ1) is 12.5. The molecule has 0 radical (unpaired) electrons. The van der Waals surface area contributed by atoms with Gasteiger partial charge in [0.05, 0.1) is 10.9 Å². The van der Waals surface area contributed by atoms with E-state index in [0.717, 1.165) is 16.7 Å². The van der Waals surface area contributed by atoms with Gasteiger partial charge < -0.3 is 5.32 Å². The zero-order valence-corrected chi connectivity index (χ0v) is 11.4. The quantitative estimate of drug-likeness (QED) is 0.909. The van der Waals surface area contributed by atoms with Crippen LogP contribution in [0.1, 0.15) is 30.6 Å². The van der Waals surface area contributed by atoms with E-state index in [-0.39, 0.29) is 0 Å². The highest BCUT2D eigenvalue weighted by atomic mass is 35.5. The van der Waals surface area contributed by atoms with Gasteiger partial charge in [0.1, 0.15) is 12.2 Å². The van der Waals surface area contributed by atoms with E-state index in [1.807, 2.05) is 16.8 Å². The Kier molecular flexibility index (Phi) is 4.15. The van der Waals surface area contributed by atoms with Crippen LogP contribution in [0.25, 0.3) is 0 Å². The monoisotopic (exact) mass is 270 g/mol. The van der Waals surface area contributed by atoms with Crippen molar-refractivity contribution in [1.29, 1.82) is 0 Å². The Morgan fingerprint density at radius 3 is 2.88 bits per heavy atom. The van der Waals surface area contributed by atoms with E-state index >= 15 is 0 Å². The maximum atomic E-state index is 5.87. The van der Waals surface area contributed by atoms with Crippen LogP contribution in [0.5, 0.6) is 0 Å². The second kappa shape index (κ2) is 5.62. The van der Waals surface area contributed by atoms with Crippen molar-refractivity contribution in [2.24, 2.45) is 0 Å². The zero-order valence-electron chi connectivity index (χ0n) is 9.85. The lowest BCUT2D eigenvalue weighted by Crippen LogP contribution is -2.17. The Bertz CT molecular complexity index is 477.